The molecular weight excluding hydrogens is 234 g/mol. The zero-order valence-corrected chi connectivity index (χ0v) is 10.1. The molecule has 2 nitrogen and oxygen atoms in total. The fourth-order valence-electron chi connectivity index (χ4n) is 1.59. The van der Waals surface area contributed by atoms with E-state index in [4.69, 9.17) is 11.6 Å². The minimum atomic E-state index is 0.137. The normalized spacial score (nSPS) is 10.2. The van der Waals surface area contributed by atoms with Crippen molar-refractivity contribution in [2.75, 3.05) is 0 Å². The van der Waals surface area contributed by atoms with Crippen LogP contribution in [0.1, 0.15) is 16.8 Å². The molecule has 3 heteroatoms. The quantitative estimate of drug-likeness (QED) is 0.600. The van der Waals surface area contributed by atoms with Crippen molar-refractivity contribution in [3.8, 4) is 0 Å². The van der Waals surface area contributed by atoms with Crippen molar-refractivity contribution in [3.63, 3.8) is 0 Å². The number of nitrogens with zero attached hydrogens (tertiary/aromatic N) is 1. The second kappa shape index (κ2) is 5.60. The number of carbonyl (C=O) groups excluding carboxylic acids is 1. The largest absolute Gasteiger partial charge is 0.294 e. The Labute approximate surface area is 105 Å². The van der Waals surface area contributed by atoms with Crippen LogP contribution in [-0.4, -0.2) is 5.78 Å². The van der Waals surface area contributed by atoms with Crippen molar-refractivity contribution < 1.29 is 9.36 Å². The SMILES string of the molecule is O=C(CC[n+]1ccccc1)c1ccc(Cl)cc1. The van der Waals surface area contributed by atoms with Gasteiger partial charge in [-0.25, -0.2) is 4.57 Å². The van der Waals surface area contributed by atoms with E-state index in [1.165, 1.54) is 0 Å². The molecule has 0 atom stereocenters. The molecule has 0 amide bonds. The summed E-state index contributed by atoms with van der Waals surface area (Å²) in [7, 11) is 0. The van der Waals surface area contributed by atoms with Crippen LogP contribution in [-0.2, 0) is 6.54 Å². The standard InChI is InChI=1S/C14H13ClNO/c15-13-6-4-12(5-7-13)14(17)8-11-16-9-2-1-3-10-16/h1-7,9-10H,8,11H2/q+1. The summed E-state index contributed by atoms with van der Waals surface area (Å²) in [5.74, 6) is 0.137. The fraction of sp³-hybridized carbons (Fsp3) is 0.143. The molecule has 0 aliphatic carbocycles. The second-order valence-corrected chi connectivity index (χ2v) is 4.23. The van der Waals surface area contributed by atoms with Crippen molar-refractivity contribution in [1.29, 1.82) is 0 Å². The lowest BCUT2D eigenvalue weighted by atomic mass is 10.1. The van der Waals surface area contributed by atoms with Crippen LogP contribution >= 0.6 is 11.6 Å². The molecule has 0 saturated carbocycles. The molecule has 86 valence electrons. The topological polar surface area (TPSA) is 20.9 Å². The fourth-order valence-corrected chi connectivity index (χ4v) is 1.72. The van der Waals surface area contributed by atoms with Crippen LogP contribution in [0.4, 0.5) is 0 Å². The third-order valence-electron chi connectivity index (χ3n) is 2.54. The number of halogens is 1. The predicted octanol–water partition coefficient (Wildman–Crippen LogP) is 2.90. The zero-order valence-electron chi connectivity index (χ0n) is 9.34. The molecule has 0 radical (unpaired) electrons. The van der Waals surface area contributed by atoms with Crippen LogP contribution in [0.25, 0.3) is 0 Å². The molecule has 0 bridgehead atoms. The molecule has 0 saturated heterocycles. The van der Waals surface area contributed by atoms with Crippen LogP contribution in [0.3, 0.4) is 0 Å². The van der Waals surface area contributed by atoms with Crippen molar-refractivity contribution >= 4 is 17.4 Å². The van der Waals surface area contributed by atoms with Gasteiger partial charge in [0.05, 0.1) is 6.42 Å². The monoisotopic (exact) mass is 246 g/mol. The van der Waals surface area contributed by atoms with E-state index in [0.29, 0.717) is 23.6 Å². The number of hydrogen-bond acceptors (Lipinski definition) is 1. The van der Waals surface area contributed by atoms with E-state index >= 15 is 0 Å². The molecule has 0 aliphatic rings. The number of aromatic nitrogens is 1. The molecule has 0 spiro atoms. The maximum Gasteiger partial charge on any atom is 0.169 e. The highest BCUT2D eigenvalue weighted by Crippen LogP contribution is 2.10. The van der Waals surface area contributed by atoms with Crippen LogP contribution in [0.15, 0.2) is 54.9 Å². The van der Waals surface area contributed by atoms with Crippen LogP contribution in [0.5, 0.6) is 0 Å². The highest BCUT2D eigenvalue weighted by atomic mass is 35.5. The van der Waals surface area contributed by atoms with Gasteiger partial charge in [-0.15, -0.1) is 0 Å². The average Bonchev–Trinajstić information content (AvgIpc) is 2.38. The first-order chi connectivity index (χ1) is 8.25. The highest BCUT2D eigenvalue weighted by Gasteiger charge is 2.08. The van der Waals surface area contributed by atoms with Crippen LogP contribution < -0.4 is 4.57 Å². The lowest BCUT2D eigenvalue weighted by Gasteiger charge is -1.99. The van der Waals surface area contributed by atoms with Gasteiger partial charge in [-0.1, -0.05) is 17.7 Å². The van der Waals surface area contributed by atoms with Gasteiger partial charge in [-0.3, -0.25) is 4.79 Å². The summed E-state index contributed by atoms with van der Waals surface area (Å²) in [4.78, 5) is 11.9. The predicted molar refractivity (Wildman–Crippen MR) is 67.0 cm³/mol. The Kier molecular flexibility index (Phi) is 3.89. The number of benzene rings is 1. The van der Waals surface area contributed by atoms with E-state index in [0.717, 1.165) is 0 Å². The Morgan fingerprint density at radius 3 is 2.35 bits per heavy atom. The maximum atomic E-state index is 11.9. The molecule has 0 N–H and O–H groups in total. The van der Waals surface area contributed by atoms with E-state index in [1.54, 1.807) is 24.3 Å². The molecule has 2 aromatic rings. The average molecular weight is 247 g/mol. The first-order valence-corrected chi connectivity index (χ1v) is 5.86. The summed E-state index contributed by atoms with van der Waals surface area (Å²) >= 11 is 5.77. The molecule has 1 aromatic heterocycles. The minimum absolute atomic E-state index is 0.137. The lowest BCUT2D eigenvalue weighted by Crippen LogP contribution is -2.33. The Morgan fingerprint density at radius 2 is 1.71 bits per heavy atom. The number of rotatable bonds is 4. The van der Waals surface area contributed by atoms with Gasteiger partial charge in [0.25, 0.3) is 0 Å². The number of carbonyl (C=O) groups is 1. The summed E-state index contributed by atoms with van der Waals surface area (Å²) in [6, 6.07) is 12.9. The third kappa shape index (κ3) is 3.40. The summed E-state index contributed by atoms with van der Waals surface area (Å²) in [6.07, 6.45) is 4.40. The third-order valence-corrected chi connectivity index (χ3v) is 2.79. The Hall–Kier alpha value is -1.67. The van der Waals surface area contributed by atoms with Crippen molar-refractivity contribution in [3.05, 3.63) is 65.4 Å². The Balaban J connectivity index is 1.96. The molecule has 0 aliphatic heterocycles. The number of Topliss-reactive ketones (excluding diaryl/α,β-unsaturated/α-hetero) is 1. The van der Waals surface area contributed by atoms with Gasteiger partial charge >= 0.3 is 0 Å². The number of ketones is 1. The maximum absolute atomic E-state index is 11.9. The van der Waals surface area contributed by atoms with Gasteiger partial charge in [0.15, 0.2) is 24.7 Å². The summed E-state index contributed by atoms with van der Waals surface area (Å²) in [5.41, 5.74) is 0.714. The molecule has 1 aromatic carbocycles. The summed E-state index contributed by atoms with van der Waals surface area (Å²) in [5, 5.41) is 0.652. The Morgan fingerprint density at radius 1 is 1.06 bits per heavy atom. The molecule has 1 heterocycles. The first-order valence-electron chi connectivity index (χ1n) is 5.48. The lowest BCUT2D eigenvalue weighted by molar-refractivity contribution is -0.695. The van der Waals surface area contributed by atoms with Gasteiger partial charge in [-0.05, 0) is 24.3 Å². The van der Waals surface area contributed by atoms with Crippen LogP contribution in [0.2, 0.25) is 5.02 Å². The number of pyridine rings is 1. The highest BCUT2D eigenvalue weighted by molar-refractivity contribution is 6.30. The van der Waals surface area contributed by atoms with Crippen molar-refractivity contribution in [1.82, 2.24) is 0 Å². The summed E-state index contributed by atoms with van der Waals surface area (Å²) < 4.78 is 1.99. The van der Waals surface area contributed by atoms with E-state index in [1.807, 2.05) is 35.2 Å². The minimum Gasteiger partial charge on any atom is -0.294 e. The van der Waals surface area contributed by atoms with Gasteiger partial charge in [0, 0.05) is 22.7 Å². The molecule has 17 heavy (non-hydrogen) atoms. The Bertz CT molecular complexity index is 493. The summed E-state index contributed by atoms with van der Waals surface area (Å²) in [6.45, 7) is 0.697. The number of hydrogen-bond donors (Lipinski definition) is 0. The smallest absolute Gasteiger partial charge is 0.169 e. The van der Waals surface area contributed by atoms with E-state index in [2.05, 4.69) is 0 Å². The second-order valence-electron chi connectivity index (χ2n) is 3.79. The van der Waals surface area contributed by atoms with Gasteiger partial charge in [0.2, 0.25) is 0 Å². The molecule has 0 unspecified atom stereocenters. The molecule has 0 fully saturated rings. The number of aryl methyl sites for hydroxylation is 1. The molecule has 2 rings (SSSR count). The van der Waals surface area contributed by atoms with Crippen molar-refractivity contribution in [2.45, 2.75) is 13.0 Å². The molecular formula is C14H13ClNO+. The first kappa shape index (κ1) is 11.8. The van der Waals surface area contributed by atoms with Gasteiger partial charge in [0.1, 0.15) is 0 Å². The van der Waals surface area contributed by atoms with E-state index in [-0.39, 0.29) is 5.78 Å². The van der Waals surface area contributed by atoms with Crippen molar-refractivity contribution in [2.24, 2.45) is 0 Å². The van der Waals surface area contributed by atoms with Crippen LogP contribution in [0, 0.1) is 0 Å². The zero-order chi connectivity index (χ0) is 12.1. The van der Waals surface area contributed by atoms with Gasteiger partial charge < -0.3 is 0 Å². The van der Waals surface area contributed by atoms with E-state index in [9.17, 15) is 4.79 Å². The van der Waals surface area contributed by atoms with E-state index < -0.39 is 0 Å². The van der Waals surface area contributed by atoms with Gasteiger partial charge in [-0.2, -0.15) is 0 Å².